The zero-order chi connectivity index (χ0) is 9.52. The molecular weight excluding hydrogens is 162 g/mol. The molecule has 1 rings (SSSR count). The number of benzene rings is 1. The van der Waals surface area contributed by atoms with E-state index in [0.29, 0.717) is 6.61 Å². The van der Waals surface area contributed by atoms with Gasteiger partial charge < -0.3 is 10.5 Å². The van der Waals surface area contributed by atoms with Crippen molar-refractivity contribution in [3.05, 3.63) is 35.9 Å². The van der Waals surface area contributed by atoms with E-state index < -0.39 is 0 Å². The summed E-state index contributed by atoms with van der Waals surface area (Å²) in [5.74, 6) is 0. The van der Waals surface area contributed by atoms with E-state index in [0.717, 1.165) is 12.8 Å². The maximum atomic E-state index is 5.71. The monoisotopic (exact) mass is 179 g/mol. The highest BCUT2D eigenvalue weighted by Gasteiger charge is 2.00. The van der Waals surface area contributed by atoms with Crippen LogP contribution in [0.3, 0.4) is 0 Å². The standard InChI is InChI=1S/C11H17NO/c1-2-6-11(12)13-9-10-7-4-3-5-8-10/h3-5,7-8,11H,2,6,9,12H2,1H3. The Morgan fingerprint density at radius 1 is 1.31 bits per heavy atom. The topological polar surface area (TPSA) is 35.2 Å². The second-order valence-corrected chi connectivity index (χ2v) is 3.12. The van der Waals surface area contributed by atoms with Crippen LogP contribution in [0.4, 0.5) is 0 Å². The molecule has 0 radical (unpaired) electrons. The van der Waals surface area contributed by atoms with Crippen molar-refractivity contribution in [3.8, 4) is 0 Å². The molecular formula is C11H17NO. The zero-order valence-corrected chi connectivity index (χ0v) is 8.07. The predicted octanol–water partition coefficient (Wildman–Crippen LogP) is 2.29. The average Bonchev–Trinajstić information content (AvgIpc) is 2.17. The molecule has 1 aromatic carbocycles. The van der Waals surface area contributed by atoms with Gasteiger partial charge in [-0.15, -0.1) is 0 Å². The van der Waals surface area contributed by atoms with Gasteiger partial charge in [0.15, 0.2) is 0 Å². The lowest BCUT2D eigenvalue weighted by atomic mass is 10.2. The van der Waals surface area contributed by atoms with Crippen LogP contribution in [0.1, 0.15) is 25.3 Å². The highest BCUT2D eigenvalue weighted by atomic mass is 16.5. The SMILES string of the molecule is CCCC(N)OCc1ccccc1. The molecule has 0 heterocycles. The van der Waals surface area contributed by atoms with Gasteiger partial charge in [0.25, 0.3) is 0 Å². The van der Waals surface area contributed by atoms with Gasteiger partial charge in [-0.1, -0.05) is 43.7 Å². The molecule has 0 saturated heterocycles. The van der Waals surface area contributed by atoms with Crippen molar-refractivity contribution in [2.45, 2.75) is 32.6 Å². The van der Waals surface area contributed by atoms with Gasteiger partial charge >= 0.3 is 0 Å². The van der Waals surface area contributed by atoms with Gasteiger partial charge in [0, 0.05) is 0 Å². The number of ether oxygens (including phenoxy) is 1. The zero-order valence-electron chi connectivity index (χ0n) is 8.07. The molecule has 0 amide bonds. The van der Waals surface area contributed by atoms with Gasteiger partial charge in [0.1, 0.15) is 6.23 Å². The van der Waals surface area contributed by atoms with Gasteiger partial charge in [-0.3, -0.25) is 0 Å². The second kappa shape index (κ2) is 5.73. The predicted molar refractivity (Wildman–Crippen MR) is 54.1 cm³/mol. The van der Waals surface area contributed by atoms with Gasteiger partial charge in [0.2, 0.25) is 0 Å². The lowest BCUT2D eigenvalue weighted by Gasteiger charge is -2.11. The maximum Gasteiger partial charge on any atom is 0.106 e. The number of hydrogen-bond acceptors (Lipinski definition) is 2. The summed E-state index contributed by atoms with van der Waals surface area (Å²) in [4.78, 5) is 0. The summed E-state index contributed by atoms with van der Waals surface area (Å²) in [6.07, 6.45) is 1.87. The fraction of sp³-hybridized carbons (Fsp3) is 0.455. The van der Waals surface area contributed by atoms with E-state index in [1.54, 1.807) is 0 Å². The molecule has 2 nitrogen and oxygen atoms in total. The molecule has 0 spiro atoms. The van der Waals surface area contributed by atoms with Crippen LogP contribution in [0.2, 0.25) is 0 Å². The van der Waals surface area contributed by atoms with E-state index in [1.165, 1.54) is 5.56 Å². The molecule has 1 atom stereocenters. The van der Waals surface area contributed by atoms with Crippen molar-refractivity contribution in [2.24, 2.45) is 5.73 Å². The maximum absolute atomic E-state index is 5.71. The fourth-order valence-corrected chi connectivity index (χ4v) is 1.15. The molecule has 2 N–H and O–H groups in total. The summed E-state index contributed by atoms with van der Waals surface area (Å²) in [5.41, 5.74) is 6.88. The van der Waals surface area contributed by atoms with Crippen molar-refractivity contribution in [3.63, 3.8) is 0 Å². The largest absolute Gasteiger partial charge is 0.359 e. The first kappa shape index (κ1) is 10.2. The van der Waals surface area contributed by atoms with E-state index in [9.17, 15) is 0 Å². The van der Waals surface area contributed by atoms with Crippen molar-refractivity contribution in [1.29, 1.82) is 0 Å². The van der Waals surface area contributed by atoms with Crippen molar-refractivity contribution in [1.82, 2.24) is 0 Å². The van der Waals surface area contributed by atoms with Crippen LogP contribution in [0.15, 0.2) is 30.3 Å². The summed E-state index contributed by atoms with van der Waals surface area (Å²) in [5, 5.41) is 0. The molecule has 0 fully saturated rings. The van der Waals surface area contributed by atoms with E-state index in [4.69, 9.17) is 10.5 Å². The first-order chi connectivity index (χ1) is 6.33. The quantitative estimate of drug-likeness (QED) is 0.704. The Kier molecular flexibility index (Phi) is 4.50. The molecule has 0 aliphatic carbocycles. The highest BCUT2D eigenvalue weighted by Crippen LogP contribution is 2.03. The summed E-state index contributed by atoms with van der Waals surface area (Å²) in [6, 6.07) is 10.1. The van der Waals surface area contributed by atoms with Gasteiger partial charge in [-0.05, 0) is 12.0 Å². The van der Waals surface area contributed by atoms with Crippen LogP contribution in [0, 0.1) is 0 Å². The summed E-state index contributed by atoms with van der Waals surface area (Å²) in [6.45, 7) is 2.72. The lowest BCUT2D eigenvalue weighted by Crippen LogP contribution is -2.23. The first-order valence-electron chi connectivity index (χ1n) is 4.74. The third kappa shape index (κ3) is 4.06. The Hall–Kier alpha value is -0.860. The fourth-order valence-electron chi connectivity index (χ4n) is 1.15. The van der Waals surface area contributed by atoms with Gasteiger partial charge in [-0.2, -0.15) is 0 Å². The third-order valence-electron chi connectivity index (χ3n) is 1.88. The second-order valence-electron chi connectivity index (χ2n) is 3.12. The minimum Gasteiger partial charge on any atom is -0.359 e. The van der Waals surface area contributed by atoms with Gasteiger partial charge in [0.05, 0.1) is 6.61 Å². The summed E-state index contributed by atoms with van der Waals surface area (Å²) >= 11 is 0. The normalized spacial score (nSPS) is 12.8. The summed E-state index contributed by atoms with van der Waals surface area (Å²) < 4.78 is 5.45. The molecule has 0 aliphatic rings. The Labute approximate surface area is 79.7 Å². The molecule has 1 unspecified atom stereocenters. The first-order valence-corrected chi connectivity index (χ1v) is 4.74. The molecule has 2 heteroatoms. The Balaban J connectivity index is 2.27. The smallest absolute Gasteiger partial charge is 0.106 e. The van der Waals surface area contributed by atoms with Crippen LogP contribution in [-0.2, 0) is 11.3 Å². The minimum absolute atomic E-state index is 0.120. The Bertz CT molecular complexity index is 223. The highest BCUT2D eigenvalue weighted by molar-refractivity contribution is 5.13. The molecule has 0 saturated carbocycles. The van der Waals surface area contributed by atoms with Gasteiger partial charge in [-0.25, -0.2) is 0 Å². The third-order valence-corrected chi connectivity index (χ3v) is 1.88. The van der Waals surface area contributed by atoms with Crippen LogP contribution in [-0.4, -0.2) is 6.23 Å². The molecule has 1 aromatic rings. The Morgan fingerprint density at radius 2 is 2.00 bits per heavy atom. The van der Waals surface area contributed by atoms with Crippen LogP contribution < -0.4 is 5.73 Å². The van der Waals surface area contributed by atoms with E-state index >= 15 is 0 Å². The molecule has 0 aliphatic heterocycles. The van der Waals surface area contributed by atoms with Crippen molar-refractivity contribution in [2.75, 3.05) is 0 Å². The average molecular weight is 179 g/mol. The lowest BCUT2D eigenvalue weighted by molar-refractivity contribution is 0.0390. The minimum atomic E-state index is -0.120. The summed E-state index contributed by atoms with van der Waals surface area (Å²) in [7, 11) is 0. The molecule has 13 heavy (non-hydrogen) atoms. The molecule has 0 bridgehead atoms. The van der Waals surface area contributed by atoms with E-state index in [-0.39, 0.29) is 6.23 Å². The van der Waals surface area contributed by atoms with E-state index in [1.807, 2.05) is 30.3 Å². The molecule has 72 valence electrons. The van der Waals surface area contributed by atoms with Crippen molar-refractivity contribution < 1.29 is 4.74 Å². The van der Waals surface area contributed by atoms with Crippen molar-refractivity contribution >= 4 is 0 Å². The van der Waals surface area contributed by atoms with Crippen LogP contribution >= 0.6 is 0 Å². The number of rotatable bonds is 5. The Morgan fingerprint density at radius 3 is 2.62 bits per heavy atom. The van der Waals surface area contributed by atoms with Crippen LogP contribution in [0.5, 0.6) is 0 Å². The number of nitrogens with two attached hydrogens (primary N) is 1. The van der Waals surface area contributed by atoms with Crippen LogP contribution in [0.25, 0.3) is 0 Å². The van der Waals surface area contributed by atoms with E-state index in [2.05, 4.69) is 6.92 Å². The molecule has 0 aromatic heterocycles. The number of hydrogen-bond donors (Lipinski definition) is 1.